The average Bonchev–Trinajstić information content (AvgIpc) is 3.34. The first-order valence-corrected chi connectivity index (χ1v) is 29.6. The predicted octanol–water partition coefficient (Wildman–Crippen LogP) is 19.8. The second kappa shape index (κ2) is 57.0. The first kappa shape index (κ1) is 65.4. The first-order valence-electron chi connectivity index (χ1n) is 29.6. The Kier molecular flexibility index (Phi) is 54.8. The summed E-state index contributed by atoms with van der Waals surface area (Å²) in [7, 11) is 0. The molecule has 0 amide bonds. The summed E-state index contributed by atoms with van der Waals surface area (Å²) in [6.45, 7) is 6.53. The van der Waals surface area contributed by atoms with Crippen molar-refractivity contribution in [3.05, 3.63) is 48.6 Å². The number of esters is 3. The molecule has 0 aromatic carbocycles. The molecule has 0 aromatic rings. The van der Waals surface area contributed by atoms with Gasteiger partial charge in [0, 0.05) is 19.3 Å². The van der Waals surface area contributed by atoms with Crippen LogP contribution in [0.1, 0.15) is 310 Å². The molecule has 0 saturated carbocycles. The molecule has 0 radical (unpaired) electrons. The molecule has 1 unspecified atom stereocenters. The van der Waals surface area contributed by atoms with Gasteiger partial charge in [-0.25, -0.2) is 0 Å². The minimum Gasteiger partial charge on any atom is -0.462 e. The molecule has 0 rings (SSSR count). The van der Waals surface area contributed by atoms with Gasteiger partial charge in [0.25, 0.3) is 0 Å². The average molecular weight is 954 g/mol. The van der Waals surface area contributed by atoms with E-state index in [0.29, 0.717) is 19.3 Å². The van der Waals surface area contributed by atoms with Gasteiger partial charge in [0.15, 0.2) is 6.10 Å². The summed E-state index contributed by atoms with van der Waals surface area (Å²) in [6.07, 6.45) is 69.9. The van der Waals surface area contributed by atoms with Gasteiger partial charge >= 0.3 is 17.9 Å². The summed E-state index contributed by atoms with van der Waals surface area (Å²) in [5, 5.41) is 0. The van der Waals surface area contributed by atoms with Crippen molar-refractivity contribution >= 4 is 17.9 Å². The van der Waals surface area contributed by atoms with Crippen LogP contribution in [-0.2, 0) is 28.6 Å². The summed E-state index contributed by atoms with van der Waals surface area (Å²) in [5.41, 5.74) is 0. The van der Waals surface area contributed by atoms with Gasteiger partial charge in [0.1, 0.15) is 13.2 Å². The zero-order valence-electron chi connectivity index (χ0n) is 45.4. The third kappa shape index (κ3) is 54.3. The van der Waals surface area contributed by atoms with Crippen LogP contribution in [-0.4, -0.2) is 37.2 Å². The van der Waals surface area contributed by atoms with Gasteiger partial charge in [-0.3, -0.25) is 14.4 Å². The maximum atomic E-state index is 12.8. The minimum atomic E-state index is -0.768. The normalized spacial score (nSPS) is 12.3. The lowest BCUT2D eigenvalue weighted by Crippen LogP contribution is -2.30. The number of carbonyl (C=O) groups excluding carboxylic acids is 3. The summed E-state index contributed by atoms with van der Waals surface area (Å²) in [6, 6.07) is 0. The lowest BCUT2D eigenvalue weighted by molar-refractivity contribution is -0.167. The molecule has 396 valence electrons. The molecule has 0 fully saturated rings. The number of hydrogen-bond donors (Lipinski definition) is 0. The topological polar surface area (TPSA) is 78.9 Å². The van der Waals surface area contributed by atoms with E-state index in [1.165, 1.54) is 186 Å². The Morgan fingerprint density at radius 2 is 0.574 bits per heavy atom. The summed E-state index contributed by atoms with van der Waals surface area (Å²) in [4.78, 5) is 38.0. The maximum Gasteiger partial charge on any atom is 0.306 e. The second-order valence-electron chi connectivity index (χ2n) is 19.9. The van der Waals surface area contributed by atoms with Crippen LogP contribution in [0.3, 0.4) is 0 Å². The van der Waals surface area contributed by atoms with E-state index in [1.807, 2.05) is 0 Å². The van der Waals surface area contributed by atoms with Crippen LogP contribution in [0, 0.1) is 0 Å². The minimum absolute atomic E-state index is 0.0693. The van der Waals surface area contributed by atoms with Crippen molar-refractivity contribution in [3.63, 3.8) is 0 Å². The van der Waals surface area contributed by atoms with E-state index in [0.717, 1.165) is 83.5 Å². The molecule has 0 aliphatic carbocycles. The SMILES string of the molecule is CC/C=C\C/C=C\C/C=C\C/C=C\CCCCCCCCCCCCCCC(=O)OCC(COC(=O)CCCCCCCCC)OC(=O)CCCCCCCCCCCCCCCCCCCC. The number of allylic oxidation sites excluding steroid dienone is 8. The van der Waals surface area contributed by atoms with E-state index in [4.69, 9.17) is 14.2 Å². The van der Waals surface area contributed by atoms with Gasteiger partial charge in [-0.2, -0.15) is 0 Å². The molecule has 0 aromatic heterocycles. The third-order valence-corrected chi connectivity index (χ3v) is 13.1. The highest BCUT2D eigenvalue weighted by atomic mass is 16.6. The van der Waals surface area contributed by atoms with Gasteiger partial charge in [0.05, 0.1) is 0 Å². The summed E-state index contributed by atoms with van der Waals surface area (Å²) >= 11 is 0. The smallest absolute Gasteiger partial charge is 0.306 e. The zero-order chi connectivity index (χ0) is 49.3. The fourth-order valence-corrected chi connectivity index (χ4v) is 8.67. The van der Waals surface area contributed by atoms with Crippen molar-refractivity contribution in [2.24, 2.45) is 0 Å². The molecule has 1 atom stereocenters. The Hall–Kier alpha value is -2.63. The molecule has 68 heavy (non-hydrogen) atoms. The van der Waals surface area contributed by atoms with Crippen LogP contribution >= 0.6 is 0 Å². The maximum absolute atomic E-state index is 12.8. The van der Waals surface area contributed by atoms with Crippen molar-refractivity contribution in [3.8, 4) is 0 Å². The van der Waals surface area contributed by atoms with Crippen molar-refractivity contribution in [1.29, 1.82) is 0 Å². The molecule has 6 nitrogen and oxygen atoms in total. The Morgan fingerprint density at radius 1 is 0.309 bits per heavy atom. The highest BCUT2D eigenvalue weighted by molar-refractivity contribution is 5.71. The number of unbranched alkanes of at least 4 members (excludes halogenated alkanes) is 35. The molecule has 0 aliphatic heterocycles. The van der Waals surface area contributed by atoms with Gasteiger partial charge in [-0.15, -0.1) is 0 Å². The largest absolute Gasteiger partial charge is 0.462 e. The highest BCUT2D eigenvalue weighted by Gasteiger charge is 2.19. The van der Waals surface area contributed by atoms with Crippen LogP contribution in [0.2, 0.25) is 0 Å². The summed E-state index contributed by atoms with van der Waals surface area (Å²) < 4.78 is 16.8. The fourth-order valence-electron chi connectivity index (χ4n) is 8.67. The first-order chi connectivity index (χ1) is 33.5. The lowest BCUT2D eigenvalue weighted by Gasteiger charge is -2.18. The zero-order valence-corrected chi connectivity index (χ0v) is 45.4. The van der Waals surface area contributed by atoms with Gasteiger partial charge in [0.2, 0.25) is 0 Å². The predicted molar refractivity (Wildman–Crippen MR) is 293 cm³/mol. The molecule has 0 N–H and O–H groups in total. The van der Waals surface area contributed by atoms with Gasteiger partial charge < -0.3 is 14.2 Å². The Bertz CT molecular complexity index is 1190. The third-order valence-electron chi connectivity index (χ3n) is 13.1. The molecule has 0 saturated heterocycles. The van der Waals surface area contributed by atoms with Crippen LogP contribution in [0.4, 0.5) is 0 Å². The number of hydrogen-bond acceptors (Lipinski definition) is 6. The van der Waals surface area contributed by atoms with E-state index >= 15 is 0 Å². The van der Waals surface area contributed by atoms with Crippen molar-refractivity contribution in [2.45, 2.75) is 316 Å². The van der Waals surface area contributed by atoms with E-state index in [9.17, 15) is 14.4 Å². The molecule has 0 spiro atoms. The van der Waals surface area contributed by atoms with E-state index in [1.54, 1.807) is 0 Å². The van der Waals surface area contributed by atoms with E-state index in [2.05, 4.69) is 69.4 Å². The van der Waals surface area contributed by atoms with Crippen LogP contribution in [0.5, 0.6) is 0 Å². The Balaban J connectivity index is 4.12. The van der Waals surface area contributed by atoms with Crippen molar-refractivity contribution in [1.82, 2.24) is 0 Å². The second-order valence-corrected chi connectivity index (χ2v) is 19.9. The molecule has 6 heteroatoms. The van der Waals surface area contributed by atoms with E-state index in [-0.39, 0.29) is 31.1 Å². The quantitative estimate of drug-likeness (QED) is 0.0262. The number of carbonyl (C=O) groups is 3. The van der Waals surface area contributed by atoms with Crippen LogP contribution in [0.25, 0.3) is 0 Å². The molecule has 0 aliphatic rings. The highest BCUT2D eigenvalue weighted by Crippen LogP contribution is 2.17. The molecular weight excluding hydrogens is 841 g/mol. The Labute approximate surface area is 422 Å². The van der Waals surface area contributed by atoms with Crippen LogP contribution < -0.4 is 0 Å². The van der Waals surface area contributed by atoms with Gasteiger partial charge in [-0.05, 0) is 57.8 Å². The van der Waals surface area contributed by atoms with E-state index < -0.39 is 6.10 Å². The standard InChI is InChI=1S/C62H112O6/c1-4-7-10-13-16-18-20-22-24-26-28-29-30-31-32-33-34-36-37-39-41-43-46-49-52-55-61(64)67-58-59(57-66-60(63)54-51-48-45-15-12-9-6-3)68-62(65)56-53-50-47-44-42-40-38-35-27-25-23-21-19-17-14-11-8-5-2/h7,10,16,18,22,24,28-29,59H,4-6,8-9,11-15,17,19-21,23,25-27,30-58H2,1-3H3/b10-7-,18-16-,24-22-,29-28-. The van der Waals surface area contributed by atoms with Crippen molar-refractivity contribution < 1.29 is 28.6 Å². The fraction of sp³-hybridized carbons (Fsp3) is 0.823. The van der Waals surface area contributed by atoms with Crippen molar-refractivity contribution in [2.75, 3.05) is 13.2 Å². The Morgan fingerprint density at radius 3 is 0.897 bits per heavy atom. The monoisotopic (exact) mass is 953 g/mol. The summed E-state index contributed by atoms with van der Waals surface area (Å²) in [5.74, 6) is -0.861. The number of ether oxygens (including phenoxy) is 3. The number of rotatable bonds is 54. The molecule has 0 bridgehead atoms. The van der Waals surface area contributed by atoms with Gasteiger partial charge in [-0.1, -0.05) is 281 Å². The van der Waals surface area contributed by atoms with Crippen LogP contribution in [0.15, 0.2) is 48.6 Å². The molecule has 0 heterocycles. The molecular formula is C62H112O6. The lowest BCUT2D eigenvalue weighted by atomic mass is 10.0.